The molecule has 0 fully saturated rings. The fourth-order valence-electron chi connectivity index (χ4n) is 3.65. The number of hydrogen-bond donors (Lipinski definition) is 2. The number of fused-ring (bicyclic) bond motifs is 1. The lowest BCUT2D eigenvalue weighted by molar-refractivity contribution is -0.916. The van der Waals surface area contributed by atoms with Gasteiger partial charge in [0.2, 0.25) is 0 Å². The summed E-state index contributed by atoms with van der Waals surface area (Å²) in [7, 11) is -0.0439. The van der Waals surface area contributed by atoms with Crippen LogP contribution in [0.15, 0.2) is 95.9 Å². The molecule has 0 aliphatic heterocycles. The van der Waals surface area contributed by atoms with Gasteiger partial charge in [-0.2, -0.15) is 0 Å². The van der Waals surface area contributed by atoms with Crippen LogP contribution in [0.1, 0.15) is 11.1 Å². The van der Waals surface area contributed by atoms with Crippen molar-refractivity contribution in [3.63, 3.8) is 0 Å². The van der Waals surface area contributed by atoms with E-state index in [1.54, 1.807) is 0 Å². The fourth-order valence-corrected chi connectivity index (χ4v) is 4.18. The molecule has 0 aliphatic carbocycles. The monoisotopic (exact) mass is 465 g/mol. The summed E-state index contributed by atoms with van der Waals surface area (Å²) < 4.78 is 33.3. The van der Waals surface area contributed by atoms with E-state index in [2.05, 4.69) is 74.8 Å². The highest BCUT2D eigenvalue weighted by Gasteiger charge is 2.16. The van der Waals surface area contributed by atoms with Crippen LogP contribution >= 0.6 is 0 Å². The van der Waals surface area contributed by atoms with Gasteiger partial charge in [0.25, 0.3) is 0 Å². The molecule has 4 aromatic carbocycles. The third kappa shape index (κ3) is 7.05. The van der Waals surface area contributed by atoms with Gasteiger partial charge in [-0.1, -0.05) is 66.7 Å². The lowest BCUT2D eigenvalue weighted by Gasteiger charge is -2.30. The molecular formula is C26H27NO5S. The minimum absolute atomic E-state index is 0.0551. The van der Waals surface area contributed by atoms with Crippen LogP contribution in [0.4, 0.5) is 0 Å². The number of benzene rings is 4. The van der Waals surface area contributed by atoms with Crippen LogP contribution in [0.25, 0.3) is 10.8 Å². The first-order valence-electron chi connectivity index (χ1n) is 10.3. The predicted octanol–water partition coefficient (Wildman–Crippen LogP) is 4.62. The Labute approximate surface area is 194 Å². The summed E-state index contributed by atoms with van der Waals surface area (Å²) >= 11 is 0. The normalized spacial score (nSPS) is 11.6. The molecule has 172 valence electrons. The van der Waals surface area contributed by atoms with Crippen molar-refractivity contribution >= 4 is 20.9 Å². The van der Waals surface area contributed by atoms with Crippen molar-refractivity contribution in [3.05, 3.63) is 102 Å². The fraction of sp³-hybridized carbons (Fsp3) is 0.154. The zero-order valence-electron chi connectivity index (χ0n) is 18.5. The number of aromatic hydroxyl groups is 2. The molecule has 0 spiro atoms. The van der Waals surface area contributed by atoms with E-state index in [1.165, 1.54) is 29.3 Å². The molecule has 0 bridgehead atoms. The standard InChI is InChI=1S/C16H20N.C10H8O5S/c1-17(2,13-15-9-5-3-6-10-15)14-16-11-7-4-8-12-16;11-7-2-1-6-3-8(16(13,14)15)5-10(12)9(6)4-7/h3-12H,13-14H2,1-2H3;1-5,11-12H,(H,13,14,15)/q+1;/p-1. The minimum atomic E-state index is -4.60. The first-order valence-corrected chi connectivity index (χ1v) is 11.8. The highest BCUT2D eigenvalue weighted by molar-refractivity contribution is 7.85. The van der Waals surface area contributed by atoms with E-state index in [9.17, 15) is 23.2 Å². The third-order valence-electron chi connectivity index (χ3n) is 5.09. The number of quaternary nitrogens is 1. The Bertz CT molecular complexity index is 1280. The molecule has 0 unspecified atom stereocenters. The SMILES string of the molecule is C[N+](C)(Cc1ccccc1)Cc1ccccc1.O=S(=O)([O-])c1cc(O)c2cc(O)ccc2c1. The molecule has 0 amide bonds. The summed E-state index contributed by atoms with van der Waals surface area (Å²) in [6.07, 6.45) is 0. The number of phenols is 2. The molecular weight excluding hydrogens is 438 g/mol. The maximum absolute atomic E-state index is 10.8. The number of hydrogen-bond acceptors (Lipinski definition) is 5. The maximum Gasteiger partial charge on any atom is 0.124 e. The van der Waals surface area contributed by atoms with Crippen LogP contribution in [0.2, 0.25) is 0 Å². The first-order chi connectivity index (χ1) is 15.5. The van der Waals surface area contributed by atoms with Crippen LogP contribution in [-0.2, 0) is 23.2 Å². The van der Waals surface area contributed by atoms with Crippen LogP contribution in [0, 0.1) is 0 Å². The van der Waals surface area contributed by atoms with Crippen molar-refractivity contribution in [2.45, 2.75) is 18.0 Å². The summed E-state index contributed by atoms with van der Waals surface area (Å²) in [6.45, 7) is 2.13. The van der Waals surface area contributed by atoms with E-state index in [0.717, 1.165) is 29.7 Å². The van der Waals surface area contributed by atoms with Gasteiger partial charge in [0.15, 0.2) is 0 Å². The maximum atomic E-state index is 10.8. The van der Waals surface area contributed by atoms with Crippen molar-refractivity contribution in [1.29, 1.82) is 0 Å². The Hall–Kier alpha value is -3.39. The summed E-state index contributed by atoms with van der Waals surface area (Å²) in [5.74, 6) is -0.414. The largest absolute Gasteiger partial charge is 0.744 e. The van der Waals surface area contributed by atoms with E-state index in [1.807, 2.05) is 0 Å². The Morgan fingerprint density at radius 2 is 1.27 bits per heavy atom. The van der Waals surface area contributed by atoms with E-state index in [0.29, 0.717) is 5.39 Å². The highest BCUT2D eigenvalue weighted by Crippen LogP contribution is 2.30. The van der Waals surface area contributed by atoms with Gasteiger partial charge in [-0.15, -0.1) is 0 Å². The molecule has 0 radical (unpaired) electrons. The van der Waals surface area contributed by atoms with Crippen LogP contribution in [-0.4, -0.2) is 41.8 Å². The van der Waals surface area contributed by atoms with E-state index in [-0.39, 0.29) is 16.9 Å². The molecule has 0 aliphatic rings. The molecule has 0 saturated heterocycles. The van der Waals surface area contributed by atoms with Gasteiger partial charge in [-0.25, -0.2) is 8.42 Å². The molecule has 2 N–H and O–H groups in total. The van der Waals surface area contributed by atoms with Crippen molar-refractivity contribution in [3.8, 4) is 11.5 Å². The van der Waals surface area contributed by atoms with Gasteiger partial charge in [-0.05, 0) is 29.7 Å². The average Bonchev–Trinajstić information content (AvgIpc) is 2.75. The lowest BCUT2D eigenvalue weighted by Crippen LogP contribution is -2.37. The second kappa shape index (κ2) is 10.0. The molecule has 4 aromatic rings. The Balaban J connectivity index is 0.000000186. The van der Waals surface area contributed by atoms with Crippen LogP contribution < -0.4 is 0 Å². The zero-order valence-corrected chi connectivity index (χ0v) is 19.4. The molecule has 4 rings (SSSR count). The summed E-state index contributed by atoms with van der Waals surface area (Å²) in [4.78, 5) is -0.497. The van der Waals surface area contributed by atoms with Crippen molar-refractivity contribution < 1.29 is 27.7 Å². The van der Waals surface area contributed by atoms with Gasteiger partial charge in [0.1, 0.15) is 34.7 Å². The van der Waals surface area contributed by atoms with E-state index in [4.69, 9.17) is 0 Å². The number of rotatable bonds is 5. The average molecular weight is 466 g/mol. The molecule has 0 aromatic heterocycles. The lowest BCUT2D eigenvalue weighted by atomic mass is 10.1. The predicted molar refractivity (Wildman–Crippen MR) is 128 cm³/mol. The molecule has 0 saturated carbocycles. The second-order valence-electron chi connectivity index (χ2n) is 8.53. The molecule has 33 heavy (non-hydrogen) atoms. The molecule has 0 atom stereocenters. The topological polar surface area (TPSA) is 97.7 Å². The van der Waals surface area contributed by atoms with Gasteiger partial charge in [0.05, 0.1) is 19.0 Å². The van der Waals surface area contributed by atoms with Crippen LogP contribution in [0.3, 0.4) is 0 Å². The van der Waals surface area contributed by atoms with Gasteiger partial charge in [-0.3, -0.25) is 0 Å². The minimum Gasteiger partial charge on any atom is -0.744 e. The van der Waals surface area contributed by atoms with Crippen LogP contribution in [0.5, 0.6) is 11.5 Å². The zero-order chi connectivity index (χ0) is 24.1. The quantitative estimate of drug-likeness (QED) is 0.331. The van der Waals surface area contributed by atoms with Crippen molar-refractivity contribution in [2.75, 3.05) is 14.1 Å². The third-order valence-corrected chi connectivity index (χ3v) is 5.90. The van der Waals surface area contributed by atoms with E-state index >= 15 is 0 Å². The summed E-state index contributed by atoms with van der Waals surface area (Å²) in [5, 5.41) is 19.4. The first kappa shape index (κ1) is 24.3. The Morgan fingerprint density at radius 3 is 1.76 bits per heavy atom. The summed E-state index contributed by atoms with van der Waals surface area (Å²) in [5.41, 5.74) is 2.79. The smallest absolute Gasteiger partial charge is 0.124 e. The number of phenolic OH excluding ortho intramolecular Hbond substituents is 2. The van der Waals surface area contributed by atoms with Gasteiger partial charge >= 0.3 is 0 Å². The second-order valence-corrected chi connectivity index (χ2v) is 9.90. The highest BCUT2D eigenvalue weighted by atomic mass is 32.2. The van der Waals surface area contributed by atoms with E-state index < -0.39 is 15.0 Å². The molecule has 7 heteroatoms. The van der Waals surface area contributed by atoms with Gasteiger partial charge < -0.3 is 19.2 Å². The molecule has 0 heterocycles. The Morgan fingerprint density at radius 1 is 0.758 bits per heavy atom. The van der Waals surface area contributed by atoms with Crippen molar-refractivity contribution in [2.24, 2.45) is 0 Å². The molecule has 6 nitrogen and oxygen atoms in total. The van der Waals surface area contributed by atoms with Gasteiger partial charge in [0, 0.05) is 16.5 Å². The summed E-state index contributed by atoms with van der Waals surface area (Å²) in [6, 6.07) is 27.4. The Kier molecular flexibility index (Phi) is 7.38. The number of nitrogens with zero attached hydrogens (tertiary/aromatic N) is 1. The van der Waals surface area contributed by atoms with Crippen molar-refractivity contribution in [1.82, 2.24) is 0 Å².